The third-order valence-electron chi connectivity index (χ3n) is 4.75. The fraction of sp³-hybridized carbons (Fsp3) is 0.381. The molecule has 1 saturated carbocycles. The van der Waals surface area contributed by atoms with Crippen molar-refractivity contribution in [3.05, 3.63) is 52.2 Å². The van der Waals surface area contributed by atoms with Crippen LogP contribution in [0, 0.1) is 0 Å². The Morgan fingerprint density at radius 3 is 2.54 bits per heavy atom. The van der Waals surface area contributed by atoms with Gasteiger partial charge in [-0.25, -0.2) is 0 Å². The van der Waals surface area contributed by atoms with Crippen molar-refractivity contribution in [2.75, 3.05) is 11.9 Å². The van der Waals surface area contributed by atoms with Crippen LogP contribution in [0.5, 0.6) is 0 Å². The third kappa shape index (κ3) is 5.66. The Morgan fingerprint density at radius 2 is 1.79 bits per heavy atom. The molecule has 28 heavy (non-hydrogen) atoms. The highest BCUT2D eigenvalue weighted by Gasteiger charge is 2.20. The number of hydrogen-bond donors (Lipinski definition) is 3. The van der Waals surface area contributed by atoms with Gasteiger partial charge in [-0.2, -0.15) is 0 Å². The van der Waals surface area contributed by atoms with Crippen LogP contribution >= 0.6 is 11.3 Å². The van der Waals surface area contributed by atoms with Crippen molar-refractivity contribution in [3.8, 4) is 0 Å². The first-order valence-corrected chi connectivity index (χ1v) is 10.5. The van der Waals surface area contributed by atoms with Gasteiger partial charge in [0.25, 0.3) is 11.8 Å². The maximum absolute atomic E-state index is 12.5. The maximum Gasteiger partial charge on any atom is 0.261 e. The molecule has 0 unspecified atom stereocenters. The Kier molecular flexibility index (Phi) is 7.19. The summed E-state index contributed by atoms with van der Waals surface area (Å²) in [7, 11) is 0. The van der Waals surface area contributed by atoms with Crippen molar-refractivity contribution >= 4 is 34.7 Å². The number of anilines is 1. The molecule has 0 radical (unpaired) electrons. The Hall–Kier alpha value is -2.67. The average molecular weight is 400 g/mol. The van der Waals surface area contributed by atoms with Gasteiger partial charge in [0.15, 0.2) is 0 Å². The topological polar surface area (TPSA) is 87.3 Å². The minimum absolute atomic E-state index is 0.121. The van der Waals surface area contributed by atoms with Crippen molar-refractivity contribution in [1.82, 2.24) is 10.6 Å². The van der Waals surface area contributed by atoms with Crippen LogP contribution in [0.25, 0.3) is 0 Å². The first kappa shape index (κ1) is 20.1. The summed E-state index contributed by atoms with van der Waals surface area (Å²) < 4.78 is 0. The third-order valence-corrected chi connectivity index (χ3v) is 5.62. The molecule has 1 aromatic carbocycles. The highest BCUT2D eigenvalue weighted by atomic mass is 32.1. The molecule has 3 rings (SSSR count). The van der Waals surface area contributed by atoms with E-state index in [9.17, 15) is 14.4 Å². The van der Waals surface area contributed by atoms with E-state index < -0.39 is 0 Å². The highest BCUT2D eigenvalue weighted by molar-refractivity contribution is 7.12. The maximum atomic E-state index is 12.5. The van der Waals surface area contributed by atoms with E-state index in [1.165, 1.54) is 11.3 Å². The van der Waals surface area contributed by atoms with E-state index >= 15 is 0 Å². The first-order chi connectivity index (χ1) is 13.6. The Morgan fingerprint density at radius 1 is 1.00 bits per heavy atom. The first-order valence-electron chi connectivity index (χ1n) is 9.65. The van der Waals surface area contributed by atoms with Crippen LogP contribution in [0.2, 0.25) is 0 Å². The number of nitrogens with one attached hydrogen (secondary N) is 3. The molecule has 0 spiro atoms. The molecule has 1 aromatic heterocycles. The van der Waals surface area contributed by atoms with Crippen molar-refractivity contribution in [1.29, 1.82) is 0 Å². The summed E-state index contributed by atoms with van der Waals surface area (Å²) in [5.41, 5.74) is 0.999. The summed E-state index contributed by atoms with van der Waals surface area (Å²) in [6.45, 7) is 0.425. The zero-order chi connectivity index (χ0) is 19.8. The number of hydrogen-bond acceptors (Lipinski definition) is 4. The Bertz CT molecular complexity index is 814. The summed E-state index contributed by atoms with van der Waals surface area (Å²) in [6.07, 6.45) is 5.11. The van der Waals surface area contributed by atoms with E-state index in [2.05, 4.69) is 16.0 Å². The molecule has 3 N–H and O–H groups in total. The number of benzene rings is 1. The predicted octanol–water partition coefficient (Wildman–Crippen LogP) is 3.57. The molecule has 0 aliphatic heterocycles. The van der Waals surface area contributed by atoms with Gasteiger partial charge in [-0.3, -0.25) is 14.4 Å². The van der Waals surface area contributed by atoms with E-state index in [1.807, 2.05) is 11.4 Å². The molecule has 7 heteroatoms. The summed E-state index contributed by atoms with van der Waals surface area (Å²) in [6, 6.07) is 10.9. The second kappa shape index (κ2) is 10.0. The number of amides is 3. The summed E-state index contributed by atoms with van der Waals surface area (Å²) >= 11 is 1.38. The molecule has 1 heterocycles. The lowest BCUT2D eigenvalue weighted by Crippen LogP contribution is -2.33. The van der Waals surface area contributed by atoms with Crippen LogP contribution in [-0.2, 0) is 4.79 Å². The molecule has 2 aromatic rings. The molecule has 1 fully saturated rings. The Labute approximate surface area is 168 Å². The van der Waals surface area contributed by atoms with Crippen LogP contribution in [0.1, 0.15) is 58.6 Å². The van der Waals surface area contributed by atoms with E-state index in [-0.39, 0.29) is 30.2 Å². The van der Waals surface area contributed by atoms with Gasteiger partial charge in [0, 0.05) is 19.0 Å². The van der Waals surface area contributed by atoms with Crippen LogP contribution in [-0.4, -0.2) is 30.3 Å². The van der Waals surface area contributed by atoms with Crippen LogP contribution in [0.4, 0.5) is 5.69 Å². The van der Waals surface area contributed by atoms with Crippen molar-refractivity contribution in [2.45, 2.75) is 44.6 Å². The van der Waals surface area contributed by atoms with E-state index in [4.69, 9.17) is 0 Å². The lowest BCUT2D eigenvalue weighted by Gasteiger charge is -2.15. The summed E-state index contributed by atoms with van der Waals surface area (Å²) in [5, 5.41) is 10.5. The normalized spacial score (nSPS) is 13.9. The lowest BCUT2D eigenvalue weighted by atomic mass is 10.1. The second-order valence-electron chi connectivity index (χ2n) is 6.89. The van der Waals surface area contributed by atoms with Gasteiger partial charge >= 0.3 is 0 Å². The van der Waals surface area contributed by atoms with Gasteiger partial charge in [-0.15, -0.1) is 11.3 Å². The zero-order valence-electron chi connectivity index (χ0n) is 15.7. The van der Waals surface area contributed by atoms with Gasteiger partial charge in [0.2, 0.25) is 5.91 Å². The smallest absolute Gasteiger partial charge is 0.261 e. The largest absolute Gasteiger partial charge is 0.351 e. The van der Waals surface area contributed by atoms with Crippen LogP contribution in [0.15, 0.2) is 41.8 Å². The molecular formula is C21H25N3O3S. The number of carbonyl (C=O) groups excluding carboxylic acids is 3. The number of thiophene rings is 1. The van der Waals surface area contributed by atoms with Gasteiger partial charge in [-0.1, -0.05) is 31.0 Å². The number of rotatable bonds is 8. The van der Waals surface area contributed by atoms with E-state index in [0.717, 1.165) is 25.7 Å². The van der Waals surface area contributed by atoms with Crippen LogP contribution in [0.3, 0.4) is 0 Å². The lowest BCUT2D eigenvalue weighted by molar-refractivity contribution is -0.116. The quantitative estimate of drug-likeness (QED) is 0.593. The van der Waals surface area contributed by atoms with Crippen molar-refractivity contribution < 1.29 is 14.4 Å². The highest BCUT2D eigenvalue weighted by Crippen LogP contribution is 2.20. The molecule has 3 amide bonds. The molecule has 1 aliphatic rings. The Balaban J connectivity index is 1.45. The molecule has 148 valence electrons. The van der Waals surface area contributed by atoms with Gasteiger partial charge in [0.1, 0.15) is 0 Å². The zero-order valence-corrected chi connectivity index (χ0v) is 16.5. The monoisotopic (exact) mass is 399 g/mol. The van der Waals surface area contributed by atoms with Gasteiger partial charge in [0.05, 0.1) is 16.1 Å². The molecular weight excluding hydrogens is 374 g/mol. The molecule has 0 saturated heterocycles. The molecule has 6 nitrogen and oxygen atoms in total. The SMILES string of the molecule is O=C(CCCNC(=O)c1cccs1)Nc1ccccc1C(=O)NC1CCCC1. The summed E-state index contributed by atoms with van der Waals surface area (Å²) in [5.74, 6) is -0.443. The van der Waals surface area contributed by atoms with Crippen molar-refractivity contribution in [3.63, 3.8) is 0 Å². The fourth-order valence-corrected chi connectivity index (χ4v) is 3.92. The van der Waals surface area contributed by atoms with Crippen molar-refractivity contribution in [2.24, 2.45) is 0 Å². The fourth-order valence-electron chi connectivity index (χ4n) is 3.28. The minimum Gasteiger partial charge on any atom is -0.351 e. The number of para-hydroxylation sites is 1. The summed E-state index contributed by atoms with van der Waals surface area (Å²) in [4.78, 5) is 37.3. The minimum atomic E-state index is -0.175. The van der Waals surface area contributed by atoms with Gasteiger partial charge in [-0.05, 0) is 42.8 Å². The molecule has 1 aliphatic carbocycles. The molecule has 0 atom stereocenters. The standard InChI is InChI=1S/C21H25N3O3S/c25-19(12-5-13-22-21(27)18-11-6-14-28-18)24-17-10-4-3-9-16(17)20(26)23-15-7-1-2-8-15/h3-4,6,9-11,14-15H,1-2,5,7-8,12-13H2,(H,22,27)(H,23,26)(H,24,25). The van der Waals surface area contributed by atoms with E-state index in [0.29, 0.717) is 29.1 Å². The second-order valence-corrected chi connectivity index (χ2v) is 7.83. The number of carbonyl (C=O) groups is 3. The van der Waals surface area contributed by atoms with E-state index in [1.54, 1.807) is 30.3 Å². The predicted molar refractivity (Wildman–Crippen MR) is 111 cm³/mol. The average Bonchev–Trinajstić information content (AvgIpc) is 3.39. The van der Waals surface area contributed by atoms with Gasteiger partial charge < -0.3 is 16.0 Å². The van der Waals surface area contributed by atoms with Crippen LogP contribution < -0.4 is 16.0 Å². The molecule has 0 bridgehead atoms.